The van der Waals surface area contributed by atoms with Crippen molar-refractivity contribution < 1.29 is 30.7 Å². The third-order valence-corrected chi connectivity index (χ3v) is 0.932. The SMILES string of the molecule is NNC(F)(F)C(F)(F)C(F)(F)F. The van der Waals surface area contributed by atoms with E-state index in [1.165, 1.54) is 0 Å². The molecule has 0 spiro atoms. The van der Waals surface area contributed by atoms with Gasteiger partial charge in [0.05, 0.1) is 0 Å². The number of alkyl halides is 7. The van der Waals surface area contributed by atoms with Gasteiger partial charge in [0.1, 0.15) is 0 Å². The summed E-state index contributed by atoms with van der Waals surface area (Å²) in [7, 11) is 0. The van der Waals surface area contributed by atoms with Gasteiger partial charge in [0.2, 0.25) is 0 Å². The summed E-state index contributed by atoms with van der Waals surface area (Å²) in [4.78, 5) is 0. The fraction of sp³-hybridized carbons (Fsp3) is 1.00. The minimum Gasteiger partial charge on any atom is -0.266 e. The summed E-state index contributed by atoms with van der Waals surface area (Å²) in [5.41, 5.74) is 0.0848. The topological polar surface area (TPSA) is 38.0 Å². The van der Waals surface area contributed by atoms with Crippen LogP contribution in [0.25, 0.3) is 0 Å². The number of hydrogen-bond acceptors (Lipinski definition) is 2. The van der Waals surface area contributed by atoms with Gasteiger partial charge in [-0.15, -0.1) is 0 Å². The number of hydrogen-bond donors (Lipinski definition) is 2. The Morgan fingerprint density at radius 2 is 1.17 bits per heavy atom. The standard InChI is InChI=1S/C3H3F7N2/c4-1(5,2(6,7)8)3(9,10)12-11/h12H,11H2. The maximum atomic E-state index is 11.7. The van der Waals surface area contributed by atoms with E-state index in [9.17, 15) is 30.7 Å². The fourth-order valence-electron chi connectivity index (χ4n) is 0.269. The van der Waals surface area contributed by atoms with Crippen molar-refractivity contribution in [2.75, 3.05) is 0 Å². The van der Waals surface area contributed by atoms with Crippen LogP contribution in [-0.4, -0.2) is 18.1 Å². The molecule has 0 bridgehead atoms. The van der Waals surface area contributed by atoms with Gasteiger partial charge in [-0.25, -0.2) is 0 Å². The minimum absolute atomic E-state index is 0.0848. The highest BCUT2D eigenvalue weighted by molar-refractivity contribution is 4.87. The van der Waals surface area contributed by atoms with E-state index in [-0.39, 0.29) is 5.43 Å². The Kier molecular flexibility index (Phi) is 2.60. The van der Waals surface area contributed by atoms with Gasteiger partial charge in [0, 0.05) is 0 Å². The number of hydrazine groups is 1. The average molecular weight is 200 g/mol. The average Bonchev–Trinajstić information content (AvgIpc) is 1.85. The zero-order chi connectivity index (χ0) is 10.2. The zero-order valence-electron chi connectivity index (χ0n) is 5.22. The molecule has 0 saturated heterocycles. The van der Waals surface area contributed by atoms with E-state index < -0.39 is 18.1 Å². The minimum atomic E-state index is -6.34. The molecule has 74 valence electrons. The predicted molar refractivity (Wildman–Crippen MR) is 23.3 cm³/mol. The van der Waals surface area contributed by atoms with E-state index in [0.29, 0.717) is 0 Å². The van der Waals surface area contributed by atoms with Gasteiger partial charge in [0.15, 0.2) is 0 Å². The fourth-order valence-corrected chi connectivity index (χ4v) is 0.269. The molecule has 0 aliphatic rings. The van der Waals surface area contributed by atoms with Crippen molar-refractivity contribution in [2.45, 2.75) is 18.1 Å². The van der Waals surface area contributed by atoms with Crippen LogP contribution in [0.3, 0.4) is 0 Å². The summed E-state index contributed by atoms with van der Waals surface area (Å²) in [6.45, 7) is 0. The molecule has 0 fully saturated rings. The van der Waals surface area contributed by atoms with E-state index in [1.807, 2.05) is 0 Å². The second-order valence-electron chi connectivity index (χ2n) is 1.79. The predicted octanol–water partition coefficient (Wildman–Crippen LogP) is 1.24. The molecule has 12 heavy (non-hydrogen) atoms. The quantitative estimate of drug-likeness (QED) is 0.304. The normalized spacial score (nSPS) is 15.0. The number of rotatable bonds is 2. The van der Waals surface area contributed by atoms with Crippen molar-refractivity contribution in [3.8, 4) is 0 Å². The lowest BCUT2D eigenvalue weighted by Gasteiger charge is -2.26. The molecular weight excluding hydrogens is 197 g/mol. The second kappa shape index (κ2) is 2.73. The lowest BCUT2D eigenvalue weighted by atomic mass is 10.3. The molecule has 0 amide bonds. The summed E-state index contributed by atoms with van der Waals surface area (Å²) < 4.78 is 80.4. The molecule has 2 nitrogen and oxygen atoms in total. The first-order chi connectivity index (χ1) is 5.06. The molecule has 0 aliphatic heterocycles. The van der Waals surface area contributed by atoms with Gasteiger partial charge in [-0.05, 0) is 0 Å². The highest BCUT2D eigenvalue weighted by Crippen LogP contribution is 2.44. The van der Waals surface area contributed by atoms with Crippen molar-refractivity contribution in [2.24, 2.45) is 5.84 Å². The molecular formula is C3H3F7N2. The molecule has 0 aromatic rings. The van der Waals surface area contributed by atoms with Crippen molar-refractivity contribution in [1.82, 2.24) is 5.43 Å². The van der Waals surface area contributed by atoms with Crippen LogP contribution in [0.15, 0.2) is 0 Å². The van der Waals surface area contributed by atoms with Crippen LogP contribution in [0.5, 0.6) is 0 Å². The van der Waals surface area contributed by atoms with Crippen LogP contribution in [0.4, 0.5) is 30.7 Å². The maximum absolute atomic E-state index is 11.7. The summed E-state index contributed by atoms with van der Waals surface area (Å²) >= 11 is 0. The lowest BCUT2D eigenvalue weighted by Crippen LogP contribution is -2.61. The molecule has 0 atom stereocenters. The molecule has 0 heterocycles. The summed E-state index contributed by atoms with van der Waals surface area (Å²) in [6, 6.07) is -5.51. The van der Waals surface area contributed by atoms with Gasteiger partial charge < -0.3 is 0 Å². The van der Waals surface area contributed by atoms with Gasteiger partial charge in [0.25, 0.3) is 0 Å². The number of halogens is 7. The van der Waals surface area contributed by atoms with E-state index in [2.05, 4.69) is 5.84 Å². The third-order valence-electron chi connectivity index (χ3n) is 0.932. The first-order valence-electron chi connectivity index (χ1n) is 2.36. The summed E-state index contributed by atoms with van der Waals surface area (Å²) in [5, 5.41) is 0. The van der Waals surface area contributed by atoms with E-state index in [1.54, 1.807) is 0 Å². The van der Waals surface area contributed by atoms with Gasteiger partial charge >= 0.3 is 18.1 Å². The Morgan fingerprint density at radius 1 is 0.833 bits per heavy atom. The van der Waals surface area contributed by atoms with Crippen LogP contribution in [0.1, 0.15) is 0 Å². The number of nitrogens with two attached hydrogens (primary N) is 1. The van der Waals surface area contributed by atoms with Crippen molar-refractivity contribution in [3.63, 3.8) is 0 Å². The molecule has 0 aliphatic carbocycles. The zero-order valence-corrected chi connectivity index (χ0v) is 5.22. The Bertz CT molecular complexity index is 161. The van der Waals surface area contributed by atoms with Gasteiger partial charge in [-0.1, -0.05) is 0 Å². The molecule has 0 aromatic heterocycles. The van der Waals surface area contributed by atoms with E-state index in [0.717, 1.165) is 0 Å². The Hall–Kier alpha value is -0.570. The molecule has 0 rings (SSSR count). The first-order valence-corrected chi connectivity index (χ1v) is 2.36. The Labute approximate surface area is 61.5 Å². The lowest BCUT2D eigenvalue weighted by molar-refractivity contribution is -0.362. The van der Waals surface area contributed by atoms with Crippen molar-refractivity contribution in [1.29, 1.82) is 0 Å². The molecule has 0 aromatic carbocycles. The molecule has 0 saturated carbocycles. The largest absolute Gasteiger partial charge is 0.461 e. The van der Waals surface area contributed by atoms with E-state index in [4.69, 9.17) is 0 Å². The van der Waals surface area contributed by atoms with Crippen molar-refractivity contribution in [3.05, 3.63) is 0 Å². The molecule has 0 unspecified atom stereocenters. The molecule has 3 N–H and O–H groups in total. The third kappa shape index (κ3) is 1.61. The summed E-state index contributed by atoms with van der Waals surface area (Å²) in [6.07, 6.45) is -6.34. The van der Waals surface area contributed by atoms with Crippen LogP contribution >= 0.6 is 0 Å². The monoisotopic (exact) mass is 200 g/mol. The summed E-state index contributed by atoms with van der Waals surface area (Å²) in [5.74, 6) is -2.38. The maximum Gasteiger partial charge on any atom is 0.461 e. The van der Waals surface area contributed by atoms with Gasteiger partial charge in [-0.3, -0.25) is 5.84 Å². The van der Waals surface area contributed by atoms with Crippen LogP contribution in [0, 0.1) is 0 Å². The Morgan fingerprint density at radius 3 is 1.25 bits per heavy atom. The molecule has 9 heteroatoms. The van der Waals surface area contributed by atoms with Crippen LogP contribution in [-0.2, 0) is 0 Å². The smallest absolute Gasteiger partial charge is 0.266 e. The highest BCUT2D eigenvalue weighted by Gasteiger charge is 2.73. The van der Waals surface area contributed by atoms with Crippen LogP contribution in [0.2, 0.25) is 0 Å². The second-order valence-corrected chi connectivity index (χ2v) is 1.79. The highest BCUT2D eigenvalue weighted by atomic mass is 19.4. The Balaban J connectivity index is 4.85. The van der Waals surface area contributed by atoms with Crippen molar-refractivity contribution >= 4 is 0 Å². The number of nitrogens with one attached hydrogen (secondary N) is 1. The van der Waals surface area contributed by atoms with Gasteiger partial charge in [-0.2, -0.15) is 36.2 Å². The first kappa shape index (κ1) is 11.4. The van der Waals surface area contributed by atoms with Crippen LogP contribution < -0.4 is 11.3 Å². The molecule has 0 radical (unpaired) electrons. The van der Waals surface area contributed by atoms with E-state index >= 15 is 0 Å².